The van der Waals surface area contributed by atoms with Crippen LogP contribution in [0.15, 0.2) is 55.2 Å². The van der Waals surface area contributed by atoms with Crippen molar-refractivity contribution in [1.29, 1.82) is 0 Å². The summed E-state index contributed by atoms with van der Waals surface area (Å²) in [5.41, 5.74) is 1.74. The predicted octanol–water partition coefficient (Wildman–Crippen LogP) is 3.68. The molecule has 0 amide bonds. The van der Waals surface area contributed by atoms with Gasteiger partial charge in [0.15, 0.2) is 0 Å². The van der Waals surface area contributed by atoms with Crippen LogP contribution < -0.4 is 4.74 Å². The molecule has 16 heavy (non-hydrogen) atoms. The minimum Gasteiger partial charge on any atom is -0.497 e. The fourth-order valence-electron chi connectivity index (χ4n) is 1.37. The SMILES string of the molecule is C=C/C=C\C(=C)Cc1cc(F)cc(OC)c1. The van der Waals surface area contributed by atoms with E-state index in [0.29, 0.717) is 12.2 Å². The zero-order chi connectivity index (χ0) is 12.0. The van der Waals surface area contributed by atoms with Crippen LogP contribution in [0.25, 0.3) is 0 Å². The minimum atomic E-state index is -0.296. The number of allylic oxidation sites excluding steroid dienone is 4. The summed E-state index contributed by atoms with van der Waals surface area (Å²) < 4.78 is 18.2. The van der Waals surface area contributed by atoms with Crippen molar-refractivity contribution in [3.05, 3.63) is 66.5 Å². The Labute approximate surface area is 95.6 Å². The first-order valence-corrected chi connectivity index (χ1v) is 4.96. The van der Waals surface area contributed by atoms with Crippen LogP contribution >= 0.6 is 0 Å². The second kappa shape index (κ2) is 5.91. The van der Waals surface area contributed by atoms with Gasteiger partial charge in [0.05, 0.1) is 7.11 Å². The molecule has 0 saturated carbocycles. The first-order valence-electron chi connectivity index (χ1n) is 4.96. The van der Waals surface area contributed by atoms with Crippen LogP contribution in [-0.2, 0) is 6.42 Å². The quantitative estimate of drug-likeness (QED) is 0.685. The van der Waals surface area contributed by atoms with Crippen molar-refractivity contribution < 1.29 is 9.13 Å². The molecule has 0 fully saturated rings. The van der Waals surface area contributed by atoms with E-state index in [1.165, 1.54) is 19.2 Å². The summed E-state index contributed by atoms with van der Waals surface area (Å²) in [4.78, 5) is 0. The molecule has 2 heteroatoms. The predicted molar refractivity (Wildman–Crippen MR) is 65.1 cm³/mol. The standard InChI is InChI=1S/C14H15FO/c1-4-5-6-11(2)7-12-8-13(15)10-14(9-12)16-3/h4-6,8-10H,1-2,7H2,3H3/b6-5-. The van der Waals surface area contributed by atoms with Gasteiger partial charge in [-0.1, -0.05) is 37.0 Å². The van der Waals surface area contributed by atoms with Crippen LogP contribution in [0.5, 0.6) is 5.75 Å². The van der Waals surface area contributed by atoms with Gasteiger partial charge < -0.3 is 4.74 Å². The van der Waals surface area contributed by atoms with E-state index in [2.05, 4.69) is 13.2 Å². The monoisotopic (exact) mass is 218 g/mol. The molecule has 0 spiro atoms. The van der Waals surface area contributed by atoms with Crippen molar-refractivity contribution in [2.24, 2.45) is 0 Å². The Bertz CT molecular complexity index is 419. The number of methoxy groups -OCH3 is 1. The topological polar surface area (TPSA) is 9.23 Å². The molecular formula is C14H15FO. The highest BCUT2D eigenvalue weighted by molar-refractivity contribution is 5.34. The molecule has 1 aromatic rings. The lowest BCUT2D eigenvalue weighted by Crippen LogP contribution is -1.91. The van der Waals surface area contributed by atoms with Gasteiger partial charge >= 0.3 is 0 Å². The molecule has 1 aromatic carbocycles. The molecule has 0 unspecified atom stereocenters. The number of hydrogen-bond donors (Lipinski definition) is 0. The lowest BCUT2D eigenvalue weighted by Gasteiger charge is -2.05. The number of halogens is 1. The van der Waals surface area contributed by atoms with E-state index in [1.807, 2.05) is 6.08 Å². The number of hydrogen-bond acceptors (Lipinski definition) is 1. The van der Waals surface area contributed by atoms with Crippen molar-refractivity contribution in [3.63, 3.8) is 0 Å². The Morgan fingerprint density at radius 3 is 2.81 bits per heavy atom. The van der Waals surface area contributed by atoms with Crippen LogP contribution in [-0.4, -0.2) is 7.11 Å². The molecule has 0 aliphatic heterocycles. The smallest absolute Gasteiger partial charge is 0.127 e. The van der Waals surface area contributed by atoms with Crippen LogP contribution in [0.4, 0.5) is 4.39 Å². The fourth-order valence-corrected chi connectivity index (χ4v) is 1.37. The third-order valence-corrected chi connectivity index (χ3v) is 2.07. The lowest BCUT2D eigenvalue weighted by molar-refractivity contribution is 0.410. The van der Waals surface area contributed by atoms with Gasteiger partial charge in [0.1, 0.15) is 11.6 Å². The first-order chi connectivity index (χ1) is 7.65. The minimum absolute atomic E-state index is 0.296. The Morgan fingerprint density at radius 2 is 2.19 bits per heavy atom. The molecule has 0 aromatic heterocycles. The van der Waals surface area contributed by atoms with E-state index in [9.17, 15) is 4.39 Å². The summed E-state index contributed by atoms with van der Waals surface area (Å²) in [6.07, 6.45) is 5.93. The average Bonchev–Trinajstić information content (AvgIpc) is 2.25. The molecule has 0 saturated heterocycles. The van der Waals surface area contributed by atoms with Crippen molar-refractivity contribution in [1.82, 2.24) is 0 Å². The van der Waals surface area contributed by atoms with Crippen LogP contribution in [0.3, 0.4) is 0 Å². The van der Waals surface area contributed by atoms with Gasteiger partial charge in [0, 0.05) is 6.07 Å². The van der Waals surface area contributed by atoms with E-state index in [1.54, 1.807) is 18.2 Å². The highest BCUT2D eigenvalue weighted by Gasteiger charge is 2.01. The zero-order valence-electron chi connectivity index (χ0n) is 9.37. The average molecular weight is 218 g/mol. The molecule has 0 aliphatic rings. The second-order valence-electron chi connectivity index (χ2n) is 3.43. The van der Waals surface area contributed by atoms with Gasteiger partial charge in [-0.2, -0.15) is 0 Å². The molecule has 1 nitrogen and oxygen atoms in total. The molecule has 0 aliphatic carbocycles. The summed E-state index contributed by atoms with van der Waals surface area (Å²) in [5, 5.41) is 0. The van der Waals surface area contributed by atoms with Crippen molar-refractivity contribution in [2.75, 3.05) is 7.11 Å². The van der Waals surface area contributed by atoms with E-state index < -0.39 is 0 Å². The lowest BCUT2D eigenvalue weighted by atomic mass is 10.1. The van der Waals surface area contributed by atoms with Crippen LogP contribution in [0, 0.1) is 5.82 Å². The highest BCUT2D eigenvalue weighted by Crippen LogP contribution is 2.18. The number of benzene rings is 1. The van der Waals surface area contributed by atoms with E-state index >= 15 is 0 Å². The van der Waals surface area contributed by atoms with Gasteiger partial charge in [0.25, 0.3) is 0 Å². The van der Waals surface area contributed by atoms with Crippen molar-refractivity contribution in [2.45, 2.75) is 6.42 Å². The van der Waals surface area contributed by atoms with Crippen molar-refractivity contribution in [3.8, 4) is 5.75 Å². The maximum Gasteiger partial charge on any atom is 0.127 e. The molecule has 0 atom stereocenters. The summed E-state index contributed by atoms with van der Waals surface area (Å²) in [6.45, 7) is 7.45. The third-order valence-electron chi connectivity index (χ3n) is 2.07. The largest absolute Gasteiger partial charge is 0.497 e. The summed E-state index contributed by atoms with van der Waals surface area (Å²) in [5.74, 6) is 0.227. The van der Waals surface area contributed by atoms with Crippen molar-refractivity contribution >= 4 is 0 Å². The van der Waals surface area contributed by atoms with Gasteiger partial charge in [-0.3, -0.25) is 0 Å². The Kier molecular flexibility index (Phi) is 4.52. The normalized spacial score (nSPS) is 10.4. The zero-order valence-corrected chi connectivity index (χ0v) is 9.37. The molecule has 0 bridgehead atoms. The second-order valence-corrected chi connectivity index (χ2v) is 3.43. The number of rotatable bonds is 5. The molecular weight excluding hydrogens is 203 g/mol. The Balaban J connectivity index is 2.80. The third kappa shape index (κ3) is 3.73. The molecule has 0 N–H and O–H groups in total. The maximum atomic E-state index is 13.2. The van der Waals surface area contributed by atoms with Crippen LogP contribution in [0.2, 0.25) is 0 Å². The van der Waals surface area contributed by atoms with Gasteiger partial charge in [-0.15, -0.1) is 0 Å². The first kappa shape index (κ1) is 12.2. The number of ether oxygens (including phenoxy) is 1. The summed E-state index contributed by atoms with van der Waals surface area (Å²) in [7, 11) is 1.52. The Morgan fingerprint density at radius 1 is 1.44 bits per heavy atom. The molecule has 0 heterocycles. The van der Waals surface area contributed by atoms with E-state index in [-0.39, 0.29) is 5.82 Å². The fraction of sp³-hybridized carbons (Fsp3) is 0.143. The van der Waals surface area contributed by atoms with E-state index in [0.717, 1.165) is 11.1 Å². The van der Waals surface area contributed by atoms with Gasteiger partial charge in [-0.25, -0.2) is 4.39 Å². The summed E-state index contributed by atoms with van der Waals surface area (Å²) >= 11 is 0. The molecule has 1 rings (SSSR count). The van der Waals surface area contributed by atoms with E-state index in [4.69, 9.17) is 4.74 Å². The molecule has 84 valence electrons. The molecule has 0 radical (unpaired) electrons. The maximum absolute atomic E-state index is 13.2. The van der Waals surface area contributed by atoms with Gasteiger partial charge in [0.2, 0.25) is 0 Å². The summed E-state index contributed by atoms with van der Waals surface area (Å²) in [6, 6.07) is 4.64. The van der Waals surface area contributed by atoms with Gasteiger partial charge in [-0.05, 0) is 24.1 Å². The van der Waals surface area contributed by atoms with Crippen LogP contribution in [0.1, 0.15) is 5.56 Å². The highest BCUT2D eigenvalue weighted by atomic mass is 19.1. The Hall–Kier alpha value is -1.83.